The molecule has 2 aliphatic heterocycles. The number of amides is 1. The van der Waals surface area contributed by atoms with E-state index in [-0.39, 0.29) is 30.7 Å². The number of hydrogen-bond acceptors (Lipinski definition) is 5. The summed E-state index contributed by atoms with van der Waals surface area (Å²) in [6.45, 7) is 2.05. The van der Waals surface area contributed by atoms with Crippen LogP contribution in [0.1, 0.15) is 12.8 Å². The number of carbonyl (C=O) groups excluding carboxylic acids is 1. The van der Waals surface area contributed by atoms with Gasteiger partial charge < -0.3 is 19.3 Å². The summed E-state index contributed by atoms with van der Waals surface area (Å²) >= 11 is 0. The van der Waals surface area contributed by atoms with E-state index in [0.717, 1.165) is 18.7 Å². The van der Waals surface area contributed by atoms with Crippen molar-refractivity contribution in [3.63, 3.8) is 0 Å². The van der Waals surface area contributed by atoms with E-state index in [2.05, 4.69) is 10.2 Å². The lowest BCUT2D eigenvalue weighted by Gasteiger charge is -2.26. The standard InChI is InChI=1S/C18H25F2N3O3.2ClH/c1-25-14-8-13(9-15(10-14)26-2)22-4-3-5-23(7-6-22)17(24)16-11-18(19,20)12-21-16;;/h8-10,16,21H,3-7,11-12H2,1-2H3;2*1H. The Labute approximate surface area is 176 Å². The Morgan fingerprint density at radius 3 is 2.25 bits per heavy atom. The van der Waals surface area contributed by atoms with E-state index in [4.69, 9.17) is 9.47 Å². The van der Waals surface area contributed by atoms with E-state index >= 15 is 0 Å². The zero-order chi connectivity index (χ0) is 18.7. The highest BCUT2D eigenvalue weighted by Crippen LogP contribution is 2.30. The molecule has 2 saturated heterocycles. The van der Waals surface area contributed by atoms with Crippen LogP contribution in [0.4, 0.5) is 14.5 Å². The van der Waals surface area contributed by atoms with Gasteiger partial charge in [-0.3, -0.25) is 10.1 Å². The first-order chi connectivity index (χ1) is 12.4. The minimum Gasteiger partial charge on any atom is -0.497 e. The van der Waals surface area contributed by atoms with Gasteiger partial charge in [0.05, 0.1) is 26.8 Å². The Morgan fingerprint density at radius 1 is 1.07 bits per heavy atom. The predicted octanol–water partition coefficient (Wildman–Crippen LogP) is 2.58. The van der Waals surface area contributed by atoms with Crippen molar-refractivity contribution in [2.45, 2.75) is 24.8 Å². The van der Waals surface area contributed by atoms with Crippen LogP contribution in [-0.4, -0.2) is 69.7 Å². The molecule has 6 nitrogen and oxygen atoms in total. The molecule has 0 bridgehead atoms. The van der Waals surface area contributed by atoms with E-state index in [1.807, 2.05) is 18.2 Å². The van der Waals surface area contributed by atoms with Gasteiger partial charge in [0.15, 0.2) is 0 Å². The number of anilines is 1. The number of carbonyl (C=O) groups is 1. The van der Waals surface area contributed by atoms with Gasteiger partial charge in [0.1, 0.15) is 11.5 Å². The fourth-order valence-electron chi connectivity index (χ4n) is 3.48. The molecule has 0 aromatic heterocycles. The minimum absolute atomic E-state index is 0. The molecule has 3 rings (SSSR count). The van der Waals surface area contributed by atoms with Crippen molar-refractivity contribution in [1.29, 1.82) is 0 Å². The number of halogens is 4. The zero-order valence-corrected chi connectivity index (χ0v) is 17.6. The van der Waals surface area contributed by atoms with Crippen LogP contribution in [0.25, 0.3) is 0 Å². The van der Waals surface area contributed by atoms with Gasteiger partial charge in [0, 0.05) is 56.5 Å². The highest BCUT2D eigenvalue weighted by Gasteiger charge is 2.43. The molecular weight excluding hydrogens is 415 g/mol. The molecular formula is C18H27Cl2F2N3O3. The molecule has 10 heteroatoms. The Bertz CT molecular complexity index is 645. The number of rotatable bonds is 4. The van der Waals surface area contributed by atoms with Crippen LogP contribution >= 0.6 is 24.8 Å². The van der Waals surface area contributed by atoms with Gasteiger partial charge in [-0.25, -0.2) is 8.78 Å². The van der Waals surface area contributed by atoms with Gasteiger partial charge in [0.2, 0.25) is 5.91 Å². The van der Waals surface area contributed by atoms with Crippen molar-refractivity contribution in [2.75, 3.05) is 51.8 Å². The first-order valence-corrected chi connectivity index (χ1v) is 8.80. The Hall–Kier alpha value is -1.51. The first-order valence-electron chi connectivity index (χ1n) is 8.80. The lowest BCUT2D eigenvalue weighted by atomic mass is 10.1. The second kappa shape index (κ2) is 10.3. The third-order valence-corrected chi connectivity index (χ3v) is 4.92. The number of hydrogen-bond donors (Lipinski definition) is 1. The summed E-state index contributed by atoms with van der Waals surface area (Å²) in [4.78, 5) is 16.4. The average Bonchev–Trinajstić information content (AvgIpc) is 2.85. The quantitative estimate of drug-likeness (QED) is 0.777. The third-order valence-electron chi connectivity index (χ3n) is 4.92. The summed E-state index contributed by atoms with van der Waals surface area (Å²) in [6.07, 6.45) is 0.355. The van der Waals surface area contributed by atoms with Crippen LogP contribution in [0.2, 0.25) is 0 Å². The topological polar surface area (TPSA) is 54.0 Å². The summed E-state index contributed by atoms with van der Waals surface area (Å²) in [5.74, 6) is -1.62. The first kappa shape index (κ1) is 24.5. The van der Waals surface area contributed by atoms with Gasteiger partial charge in [0.25, 0.3) is 5.92 Å². The van der Waals surface area contributed by atoms with Crippen molar-refractivity contribution in [3.8, 4) is 11.5 Å². The molecule has 160 valence electrons. The predicted molar refractivity (Wildman–Crippen MR) is 109 cm³/mol. The molecule has 2 fully saturated rings. The SMILES string of the molecule is COc1cc(OC)cc(N2CCCN(C(=O)C3CC(F)(F)CN3)CC2)c1.Cl.Cl. The zero-order valence-electron chi connectivity index (χ0n) is 16.0. The molecule has 1 unspecified atom stereocenters. The van der Waals surface area contributed by atoms with Crippen LogP contribution in [0.3, 0.4) is 0 Å². The average molecular weight is 442 g/mol. The van der Waals surface area contributed by atoms with Crippen LogP contribution in [0.15, 0.2) is 18.2 Å². The monoisotopic (exact) mass is 441 g/mol. The van der Waals surface area contributed by atoms with Crippen molar-refractivity contribution in [1.82, 2.24) is 10.2 Å². The number of nitrogens with one attached hydrogen (secondary N) is 1. The fourth-order valence-corrected chi connectivity index (χ4v) is 3.48. The van der Waals surface area contributed by atoms with Gasteiger partial charge in [-0.2, -0.15) is 0 Å². The maximum absolute atomic E-state index is 13.4. The van der Waals surface area contributed by atoms with E-state index in [9.17, 15) is 13.6 Å². The maximum Gasteiger partial charge on any atom is 0.262 e. The van der Waals surface area contributed by atoms with E-state index in [1.165, 1.54) is 0 Å². The molecule has 1 aromatic carbocycles. The molecule has 1 N–H and O–H groups in total. The second-order valence-electron chi connectivity index (χ2n) is 6.73. The Balaban J connectivity index is 0.00000196. The normalized spacial score (nSPS) is 21.2. The van der Waals surface area contributed by atoms with Gasteiger partial charge in [-0.05, 0) is 6.42 Å². The molecule has 0 spiro atoms. The largest absolute Gasteiger partial charge is 0.497 e. The molecule has 0 radical (unpaired) electrons. The van der Waals surface area contributed by atoms with Crippen molar-refractivity contribution in [2.24, 2.45) is 0 Å². The summed E-state index contributed by atoms with van der Waals surface area (Å²) in [6, 6.07) is 4.88. The van der Waals surface area contributed by atoms with Gasteiger partial charge >= 0.3 is 0 Å². The fraction of sp³-hybridized carbons (Fsp3) is 0.611. The Kier molecular flexibility index (Phi) is 9.04. The summed E-state index contributed by atoms with van der Waals surface area (Å²) in [5, 5.41) is 2.65. The lowest BCUT2D eigenvalue weighted by molar-refractivity contribution is -0.133. The number of alkyl halides is 2. The van der Waals surface area contributed by atoms with Crippen molar-refractivity contribution >= 4 is 36.4 Å². The van der Waals surface area contributed by atoms with E-state index < -0.39 is 24.9 Å². The smallest absolute Gasteiger partial charge is 0.262 e. The van der Waals surface area contributed by atoms with Gasteiger partial charge in [-0.1, -0.05) is 0 Å². The summed E-state index contributed by atoms with van der Waals surface area (Å²) in [7, 11) is 3.21. The maximum atomic E-state index is 13.4. The van der Waals surface area contributed by atoms with E-state index in [1.54, 1.807) is 19.1 Å². The van der Waals surface area contributed by atoms with Crippen LogP contribution < -0.4 is 19.7 Å². The second-order valence-corrected chi connectivity index (χ2v) is 6.73. The number of nitrogens with zero attached hydrogens (tertiary/aromatic N) is 2. The summed E-state index contributed by atoms with van der Waals surface area (Å²) < 4.78 is 37.4. The molecule has 1 atom stereocenters. The van der Waals surface area contributed by atoms with Crippen LogP contribution in [0, 0.1) is 0 Å². The van der Waals surface area contributed by atoms with E-state index in [0.29, 0.717) is 31.1 Å². The number of ether oxygens (including phenoxy) is 2. The molecule has 2 heterocycles. The molecule has 0 aliphatic carbocycles. The molecule has 1 aromatic rings. The minimum atomic E-state index is -2.80. The van der Waals surface area contributed by atoms with Crippen LogP contribution in [-0.2, 0) is 4.79 Å². The summed E-state index contributed by atoms with van der Waals surface area (Å²) in [5.41, 5.74) is 0.959. The number of methoxy groups -OCH3 is 2. The highest BCUT2D eigenvalue weighted by molar-refractivity contribution is 5.85. The number of benzene rings is 1. The Morgan fingerprint density at radius 2 is 1.71 bits per heavy atom. The lowest BCUT2D eigenvalue weighted by Crippen LogP contribution is -2.45. The molecule has 0 saturated carbocycles. The van der Waals surface area contributed by atoms with Crippen molar-refractivity contribution in [3.05, 3.63) is 18.2 Å². The third kappa shape index (κ3) is 5.75. The van der Waals surface area contributed by atoms with Crippen molar-refractivity contribution < 1.29 is 23.0 Å². The highest BCUT2D eigenvalue weighted by atomic mass is 35.5. The van der Waals surface area contributed by atoms with Crippen LogP contribution in [0.5, 0.6) is 11.5 Å². The molecule has 1 amide bonds. The molecule has 28 heavy (non-hydrogen) atoms. The van der Waals surface area contributed by atoms with Gasteiger partial charge in [-0.15, -0.1) is 24.8 Å². The molecule has 2 aliphatic rings.